The maximum atomic E-state index is 11.5. The van der Waals surface area contributed by atoms with E-state index in [2.05, 4.69) is 6.92 Å². The normalized spacial score (nSPS) is 13.6. The summed E-state index contributed by atoms with van der Waals surface area (Å²) in [5.74, 6) is -3.38. The van der Waals surface area contributed by atoms with Crippen molar-refractivity contribution < 1.29 is 32.8 Å². The standard InChI is InChI=1S/C17H32O7S.K.H/c1-2-3-4-5-6-7-8-9-10-11-12-13-17(16(20)21,14-15(18)19)25(22,23)24;;/h2-14H2,1H3,(H,18,19)(H,20,21)(H,22,23,24);;. The summed E-state index contributed by atoms with van der Waals surface area (Å²) in [5, 5.41) is 18.0. The van der Waals surface area contributed by atoms with Gasteiger partial charge in [-0.05, 0) is 6.42 Å². The van der Waals surface area contributed by atoms with Crippen LogP contribution in [0.4, 0.5) is 0 Å². The first-order valence-electron chi connectivity index (χ1n) is 9.09. The molecule has 0 aromatic heterocycles. The molecule has 0 aromatic rings. The molecule has 3 N–H and O–H groups in total. The van der Waals surface area contributed by atoms with E-state index < -0.39 is 39.6 Å². The van der Waals surface area contributed by atoms with Crippen LogP contribution in [0.25, 0.3) is 0 Å². The van der Waals surface area contributed by atoms with E-state index in [0.717, 1.165) is 25.7 Å². The molecule has 0 heterocycles. The number of carboxylic acids is 2. The maximum absolute atomic E-state index is 11.5. The molecule has 0 rings (SSSR count). The summed E-state index contributed by atoms with van der Waals surface area (Å²) in [4.78, 5) is 22.1. The molecule has 9 heteroatoms. The van der Waals surface area contributed by atoms with E-state index in [9.17, 15) is 22.6 Å². The molecule has 0 saturated carbocycles. The molecule has 1 atom stereocenters. The summed E-state index contributed by atoms with van der Waals surface area (Å²) in [5.41, 5.74) is 0. The quantitative estimate of drug-likeness (QED) is 0.199. The predicted molar refractivity (Wildman–Crippen MR) is 102 cm³/mol. The Kier molecular flexibility index (Phi) is 17.0. The van der Waals surface area contributed by atoms with E-state index in [1.165, 1.54) is 32.1 Å². The third-order valence-electron chi connectivity index (χ3n) is 4.50. The Hall–Kier alpha value is 0.486. The molecule has 0 amide bonds. The zero-order chi connectivity index (χ0) is 19.3. The third kappa shape index (κ3) is 11.4. The second-order valence-electron chi connectivity index (χ2n) is 6.63. The molecular formula is C17H33KO7S. The van der Waals surface area contributed by atoms with Gasteiger partial charge in [0.2, 0.25) is 4.75 Å². The Labute approximate surface area is 199 Å². The number of unbranched alkanes of at least 4 members (excludes halogenated alkanes) is 10. The second kappa shape index (κ2) is 15.4. The minimum atomic E-state index is -5.01. The molecule has 0 aliphatic heterocycles. The molecule has 26 heavy (non-hydrogen) atoms. The fraction of sp³-hybridized carbons (Fsp3) is 0.882. The molecule has 0 spiro atoms. The molecule has 7 nitrogen and oxygen atoms in total. The number of hydrogen-bond donors (Lipinski definition) is 3. The molecule has 0 aliphatic rings. The van der Waals surface area contributed by atoms with Crippen LogP contribution >= 0.6 is 0 Å². The Bertz CT molecular complexity index is 507. The van der Waals surface area contributed by atoms with Crippen LogP contribution in [0.2, 0.25) is 0 Å². The average molecular weight is 421 g/mol. The van der Waals surface area contributed by atoms with Crippen molar-refractivity contribution in [2.24, 2.45) is 0 Å². The fourth-order valence-electron chi connectivity index (χ4n) is 2.92. The number of aliphatic carboxylic acids is 2. The summed E-state index contributed by atoms with van der Waals surface area (Å²) < 4.78 is 29.5. The summed E-state index contributed by atoms with van der Waals surface area (Å²) in [7, 11) is -5.01. The van der Waals surface area contributed by atoms with Gasteiger partial charge in [0.25, 0.3) is 10.1 Å². The number of carbonyl (C=O) groups is 2. The Morgan fingerprint density at radius 3 is 1.50 bits per heavy atom. The molecule has 0 aromatic carbocycles. The predicted octanol–water partition coefficient (Wildman–Crippen LogP) is 3.22. The van der Waals surface area contributed by atoms with Gasteiger partial charge in [0.05, 0.1) is 6.42 Å². The Balaban J connectivity index is 0. The SMILES string of the molecule is CCCCCCCCCCCCCC(CC(=O)O)(C(=O)O)S(=O)(=O)O.[KH]. The van der Waals surface area contributed by atoms with Gasteiger partial charge in [-0.25, -0.2) is 0 Å². The van der Waals surface area contributed by atoms with Crippen LogP contribution < -0.4 is 0 Å². The van der Waals surface area contributed by atoms with Crippen molar-refractivity contribution in [2.45, 2.75) is 95.1 Å². The summed E-state index contributed by atoms with van der Waals surface area (Å²) in [6.07, 6.45) is 9.62. The molecule has 0 aliphatic carbocycles. The van der Waals surface area contributed by atoms with E-state index >= 15 is 0 Å². The molecule has 0 saturated heterocycles. The minimum absolute atomic E-state index is 0. The van der Waals surface area contributed by atoms with Crippen LogP contribution in [0.1, 0.15) is 90.4 Å². The molecule has 0 bridgehead atoms. The number of rotatable bonds is 16. The van der Waals surface area contributed by atoms with Gasteiger partial charge in [0.1, 0.15) is 0 Å². The van der Waals surface area contributed by atoms with Crippen LogP contribution in [-0.4, -0.2) is 91.3 Å². The Morgan fingerprint density at radius 1 is 0.808 bits per heavy atom. The van der Waals surface area contributed by atoms with Crippen LogP contribution in [0.5, 0.6) is 0 Å². The van der Waals surface area contributed by atoms with Crippen molar-refractivity contribution in [1.29, 1.82) is 0 Å². The van der Waals surface area contributed by atoms with Gasteiger partial charge in [0.15, 0.2) is 0 Å². The van der Waals surface area contributed by atoms with Crippen molar-refractivity contribution in [3.05, 3.63) is 0 Å². The zero-order valence-corrected chi connectivity index (χ0v) is 15.9. The van der Waals surface area contributed by atoms with E-state index in [-0.39, 0.29) is 57.8 Å². The first-order valence-corrected chi connectivity index (χ1v) is 10.5. The van der Waals surface area contributed by atoms with Crippen LogP contribution in [0.3, 0.4) is 0 Å². The first kappa shape index (κ1) is 28.7. The van der Waals surface area contributed by atoms with Crippen LogP contribution in [-0.2, 0) is 19.7 Å². The van der Waals surface area contributed by atoms with E-state index in [0.29, 0.717) is 6.42 Å². The summed E-state index contributed by atoms with van der Waals surface area (Å²) in [6, 6.07) is 0. The van der Waals surface area contributed by atoms with Gasteiger partial charge < -0.3 is 10.2 Å². The van der Waals surface area contributed by atoms with E-state index in [1.807, 2.05) is 0 Å². The zero-order valence-electron chi connectivity index (χ0n) is 15.1. The molecule has 0 radical (unpaired) electrons. The number of carboxylic acid groups (broad SMARTS) is 2. The molecule has 0 fully saturated rings. The van der Waals surface area contributed by atoms with E-state index in [4.69, 9.17) is 10.2 Å². The average Bonchev–Trinajstić information content (AvgIpc) is 2.49. The van der Waals surface area contributed by atoms with Crippen LogP contribution in [0.15, 0.2) is 0 Å². The van der Waals surface area contributed by atoms with Crippen molar-refractivity contribution in [3.63, 3.8) is 0 Å². The topological polar surface area (TPSA) is 129 Å². The monoisotopic (exact) mass is 420 g/mol. The van der Waals surface area contributed by atoms with Gasteiger partial charge in [-0.2, -0.15) is 8.42 Å². The van der Waals surface area contributed by atoms with Crippen LogP contribution in [0, 0.1) is 0 Å². The van der Waals surface area contributed by atoms with Gasteiger partial charge in [-0.3, -0.25) is 14.1 Å². The molecular weight excluding hydrogens is 387 g/mol. The molecule has 1 unspecified atom stereocenters. The second-order valence-corrected chi connectivity index (χ2v) is 8.36. The van der Waals surface area contributed by atoms with Gasteiger partial charge in [0, 0.05) is 0 Å². The van der Waals surface area contributed by atoms with Crippen molar-refractivity contribution in [1.82, 2.24) is 0 Å². The first-order chi connectivity index (χ1) is 11.7. The third-order valence-corrected chi connectivity index (χ3v) is 6.02. The van der Waals surface area contributed by atoms with Crippen molar-refractivity contribution >= 4 is 73.4 Å². The van der Waals surface area contributed by atoms with Gasteiger partial charge in [-0.15, -0.1) is 0 Å². The molecule has 150 valence electrons. The van der Waals surface area contributed by atoms with Crippen molar-refractivity contribution in [2.75, 3.05) is 0 Å². The van der Waals surface area contributed by atoms with Crippen molar-refractivity contribution in [3.8, 4) is 0 Å². The summed E-state index contributed by atoms with van der Waals surface area (Å²) in [6.45, 7) is 2.18. The van der Waals surface area contributed by atoms with E-state index in [1.54, 1.807) is 0 Å². The number of hydrogen-bond acceptors (Lipinski definition) is 4. The Morgan fingerprint density at radius 2 is 1.19 bits per heavy atom. The van der Waals surface area contributed by atoms with Gasteiger partial charge in [-0.1, -0.05) is 77.6 Å². The van der Waals surface area contributed by atoms with Gasteiger partial charge >= 0.3 is 63.3 Å². The summed E-state index contributed by atoms with van der Waals surface area (Å²) >= 11 is 0. The fourth-order valence-corrected chi connectivity index (χ4v) is 3.85.